The third kappa shape index (κ3) is 5.08. The summed E-state index contributed by atoms with van der Waals surface area (Å²) in [5, 5.41) is 5.71. The Morgan fingerprint density at radius 1 is 1.20 bits per heavy atom. The molecule has 1 aromatic carbocycles. The van der Waals surface area contributed by atoms with Crippen molar-refractivity contribution >= 4 is 6.03 Å². The van der Waals surface area contributed by atoms with Crippen LogP contribution >= 0.6 is 0 Å². The van der Waals surface area contributed by atoms with Gasteiger partial charge in [-0.2, -0.15) is 0 Å². The van der Waals surface area contributed by atoms with Crippen LogP contribution in [0, 0.1) is 5.92 Å². The fourth-order valence-corrected chi connectivity index (χ4v) is 1.71. The average Bonchev–Trinajstić information content (AvgIpc) is 2.44. The zero-order valence-corrected chi connectivity index (χ0v) is 13.2. The minimum atomic E-state index is -0.169. The van der Waals surface area contributed by atoms with Gasteiger partial charge in [-0.25, -0.2) is 4.79 Å². The zero-order valence-electron chi connectivity index (χ0n) is 13.2. The molecule has 0 fully saturated rings. The summed E-state index contributed by atoms with van der Waals surface area (Å²) in [4.78, 5) is 11.8. The quantitative estimate of drug-likeness (QED) is 0.831. The number of nitrogens with one attached hydrogen (secondary N) is 2. The summed E-state index contributed by atoms with van der Waals surface area (Å²) in [5.74, 6) is 0.439. The van der Waals surface area contributed by atoms with Gasteiger partial charge in [-0.05, 0) is 37.3 Å². The Kier molecular flexibility index (Phi) is 6.29. The summed E-state index contributed by atoms with van der Waals surface area (Å²) in [6.07, 6.45) is 2.80. The molecule has 0 aliphatic heterocycles. The van der Waals surface area contributed by atoms with E-state index in [4.69, 9.17) is 0 Å². The van der Waals surface area contributed by atoms with Gasteiger partial charge in [-0.3, -0.25) is 0 Å². The lowest BCUT2D eigenvalue weighted by molar-refractivity contribution is 0.241. The van der Waals surface area contributed by atoms with Crippen molar-refractivity contribution in [3.8, 4) is 0 Å². The zero-order chi connectivity index (χ0) is 15.1. The number of hydrogen-bond donors (Lipinski definition) is 2. The number of carbonyl (C=O) groups excluding carboxylic acids is 1. The first-order valence-corrected chi connectivity index (χ1v) is 7.26. The fraction of sp³-hybridized carbons (Fsp3) is 0.471. The topological polar surface area (TPSA) is 41.1 Å². The van der Waals surface area contributed by atoms with Crippen LogP contribution in [-0.2, 0) is 6.42 Å². The molecule has 2 N–H and O–H groups in total. The molecular weight excluding hydrogens is 248 g/mol. The Labute approximate surface area is 122 Å². The van der Waals surface area contributed by atoms with Crippen LogP contribution in [0.3, 0.4) is 0 Å². The third-order valence-corrected chi connectivity index (χ3v) is 3.58. The van der Waals surface area contributed by atoms with Crippen LogP contribution in [0.25, 0.3) is 0 Å². The van der Waals surface area contributed by atoms with Crippen LogP contribution in [0.4, 0.5) is 4.79 Å². The van der Waals surface area contributed by atoms with E-state index in [-0.39, 0.29) is 12.1 Å². The molecule has 2 amide bonds. The van der Waals surface area contributed by atoms with Crippen LogP contribution in [0.5, 0.6) is 0 Å². The predicted molar refractivity (Wildman–Crippen MR) is 84.5 cm³/mol. The van der Waals surface area contributed by atoms with Crippen molar-refractivity contribution < 1.29 is 4.79 Å². The standard InChI is InChI=1S/C17H26N2O/c1-6-15-7-9-16(10-8-15)14(5)19-17(20)18-11-13(4)12(2)3/h7-12,14H,6H2,1-5H3,(H2,18,19,20)/b13-11+. The van der Waals surface area contributed by atoms with E-state index >= 15 is 0 Å². The van der Waals surface area contributed by atoms with Crippen LogP contribution in [0.15, 0.2) is 36.0 Å². The molecule has 0 saturated carbocycles. The summed E-state index contributed by atoms with van der Waals surface area (Å²) in [6, 6.07) is 8.17. The minimum Gasteiger partial charge on any atom is -0.331 e. The molecule has 0 radical (unpaired) electrons. The highest BCUT2D eigenvalue weighted by Crippen LogP contribution is 2.13. The van der Waals surface area contributed by atoms with Crippen molar-refractivity contribution in [3.63, 3.8) is 0 Å². The van der Waals surface area contributed by atoms with Crippen molar-refractivity contribution in [1.29, 1.82) is 0 Å². The predicted octanol–water partition coefficient (Wildman–Crippen LogP) is 4.17. The molecule has 0 aromatic heterocycles. The molecule has 0 heterocycles. The Bertz CT molecular complexity index is 460. The first-order valence-electron chi connectivity index (χ1n) is 7.26. The molecule has 1 atom stereocenters. The first-order chi connectivity index (χ1) is 9.43. The van der Waals surface area contributed by atoms with Crippen molar-refractivity contribution in [2.45, 2.75) is 47.1 Å². The fourth-order valence-electron chi connectivity index (χ4n) is 1.71. The van der Waals surface area contributed by atoms with Gasteiger partial charge in [0.25, 0.3) is 0 Å². The number of allylic oxidation sites excluding steroid dienone is 1. The number of aryl methyl sites for hydroxylation is 1. The summed E-state index contributed by atoms with van der Waals surface area (Å²) in [6.45, 7) is 10.3. The number of amides is 2. The second kappa shape index (κ2) is 7.73. The minimum absolute atomic E-state index is 0.00587. The van der Waals surface area contributed by atoms with Crippen molar-refractivity contribution in [2.24, 2.45) is 5.92 Å². The molecule has 0 aliphatic rings. The Hall–Kier alpha value is -1.77. The Balaban J connectivity index is 2.54. The monoisotopic (exact) mass is 274 g/mol. The molecular formula is C17H26N2O. The van der Waals surface area contributed by atoms with Gasteiger partial charge in [0.15, 0.2) is 0 Å². The van der Waals surface area contributed by atoms with Crippen LogP contribution in [0.1, 0.15) is 51.8 Å². The van der Waals surface area contributed by atoms with Gasteiger partial charge in [0.1, 0.15) is 0 Å². The average molecular weight is 274 g/mol. The largest absolute Gasteiger partial charge is 0.331 e. The van der Waals surface area contributed by atoms with E-state index in [1.165, 1.54) is 5.56 Å². The van der Waals surface area contributed by atoms with Gasteiger partial charge in [0.2, 0.25) is 0 Å². The van der Waals surface area contributed by atoms with E-state index in [0.717, 1.165) is 17.6 Å². The maximum atomic E-state index is 11.8. The van der Waals surface area contributed by atoms with E-state index in [2.05, 4.69) is 55.7 Å². The molecule has 0 saturated heterocycles. The number of rotatable bonds is 5. The highest BCUT2D eigenvalue weighted by molar-refractivity contribution is 5.75. The number of hydrogen-bond acceptors (Lipinski definition) is 1. The molecule has 0 aliphatic carbocycles. The second-order valence-electron chi connectivity index (χ2n) is 5.48. The third-order valence-electron chi connectivity index (χ3n) is 3.58. The molecule has 110 valence electrons. The van der Waals surface area contributed by atoms with E-state index < -0.39 is 0 Å². The summed E-state index contributed by atoms with van der Waals surface area (Å²) in [5.41, 5.74) is 3.57. The molecule has 1 aromatic rings. The van der Waals surface area contributed by atoms with Gasteiger partial charge < -0.3 is 10.6 Å². The molecule has 1 rings (SSSR count). The summed E-state index contributed by atoms with van der Waals surface area (Å²) < 4.78 is 0. The Morgan fingerprint density at radius 2 is 1.80 bits per heavy atom. The number of carbonyl (C=O) groups is 1. The van der Waals surface area contributed by atoms with Gasteiger partial charge >= 0.3 is 6.03 Å². The first kappa shape index (κ1) is 16.3. The molecule has 3 nitrogen and oxygen atoms in total. The van der Waals surface area contributed by atoms with Crippen molar-refractivity contribution in [3.05, 3.63) is 47.2 Å². The molecule has 3 heteroatoms. The number of urea groups is 1. The smallest absolute Gasteiger partial charge is 0.319 e. The maximum Gasteiger partial charge on any atom is 0.319 e. The van der Waals surface area contributed by atoms with Crippen LogP contribution in [0.2, 0.25) is 0 Å². The highest BCUT2D eigenvalue weighted by atomic mass is 16.2. The van der Waals surface area contributed by atoms with Crippen LogP contribution in [-0.4, -0.2) is 6.03 Å². The van der Waals surface area contributed by atoms with E-state index in [0.29, 0.717) is 5.92 Å². The normalized spacial score (nSPS) is 13.2. The highest BCUT2D eigenvalue weighted by Gasteiger charge is 2.08. The summed E-state index contributed by atoms with van der Waals surface area (Å²) >= 11 is 0. The van der Waals surface area contributed by atoms with Crippen molar-refractivity contribution in [2.75, 3.05) is 0 Å². The maximum absolute atomic E-state index is 11.8. The second-order valence-corrected chi connectivity index (χ2v) is 5.48. The lowest BCUT2D eigenvalue weighted by Gasteiger charge is -2.15. The lowest BCUT2D eigenvalue weighted by atomic mass is 10.1. The molecule has 1 unspecified atom stereocenters. The van der Waals surface area contributed by atoms with E-state index in [9.17, 15) is 4.79 Å². The molecule has 0 spiro atoms. The van der Waals surface area contributed by atoms with E-state index in [1.54, 1.807) is 6.20 Å². The Morgan fingerprint density at radius 3 is 2.30 bits per heavy atom. The summed E-state index contributed by atoms with van der Waals surface area (Å²) in [7, 11) is 0. The van der Waals surface area contributed by atoms with Gasteiger partial charge in [-0.1, -0.05) is 50.6 Å². The van der Waals surface area contributed by atoms with Gasteiger partial charge in [-0.15, -0.1) is 0 Å². The van der Waals surface area contributed by atoms with E-state index in [1.807, 2.05) is 13.8 Å². The van der Waals surface area contributed by atoms with Crippen molar-refractivity contribution in [1.82, 2.24) is 10.6 Å². The SMILES string of the molecule is CCc1ccc(C(C)NC(=O)N/C=C(\C)C(C)C)cc1. The number of benzene rings is 1. The molecule has 0 bridgehead atoms. The van der Waals surface area contributed by atoms with Gasteiger partial charge in [0.05, 0.1) is 6.04 Å². The molecule has 20 heavy (non-hydrogen) atoms. The lowest BCUT2D eigenvalue weighted by Crippen LogP contribution is -2.34. The van der Waals surface area contributed by atoms with Gasteiger partial charge in [0, 0.05) is 6.20 Å². The van der Waals surface area contributed by atoms with Crippen LogP contribution < -0.4 is 10.6 Å².